The van der Waals surface area contributed by atoms with E-state index in [4.69, 9.17) is 0 Å². The van der Waals surface area contributed by atoms with Crippen LogP contribution in [0.15, 0.2) is 42.1 Å². The zero-order chi connectivity index (χ0) is 17.0. The largest absolute Gasteiger partial charge is 0.416 e. The molecule has 0 spiro atoms. The van der Waals surface area contributed by atoms with Gasteiger partial charge in [0, 0.05) is 23.6 Å². The molecule has 122 valence electrons. The first-order valence-electron chi connectivity index (χ1n) is 6.81. The Bertz CT molecular complexity index is 731. The van der Waals surface area contributed by atoms with Crippen molar-refractivity contribution in [3.8, 4) is 0 Å². The average molecular weight is 340 g/mol. The minimum Gasteiger partial charge on any atom is -0.298 e. The summed E-state index contributed by atoms with van der Waals surface area (Å²) in [6, 6.07) is 5.19. The molecule has 0 unspecified atom stereocenters. The van der Waals surface area contributed by atoms with Gasteiger partial charge in [-0.25, -0.2) is 4.98 Å². The topological polar surface area (TPSA) is 42.0 Å². The van der Waals surface area contributed by atoms with Gasteiger partial charge in [0.1, 0.15) is 0 Å². The maximum absolute atomic E-state index is 12.7. The Morgan fingerprint density at radius 1 is 1.35 bits per heavy atom. The Morgan fingerprint density at radius 3 is 2.74 bits per heavy atom. The first-order chi connectivity index (χ1) is 10.7. The number of allylic oxidation sites excluding steroid dienone is 1. The van der Waals surface area contributed by atoms with Gasteiger partial charge < -0.3 is 0 Å². The number of amides is 1. The molecule has 0 aliphatic carbocycles. The van der Waals surface area contributed by atoms with E-state index in [9.17, 15) is 18.0 Å². The van der Waals surface area contributed by atoms with Crippen LogP contribution in [0, 0.1) is 0 Å². The number of carbonyl (C=O) groups is 1. The number of carbonyl (C=O) groups excluding carboxylic acids is 1. The van der Waals surface area contributed by atoms with Gasteiger partial charge in [-0.3, -0.25) is 10.1 Å². The van der Waals surface area contributed by atoms with Gasteiger partial charge in [0.2, 0.25) is 5.91 Å². The number of halogens is 3. The molecular weight excluding hydrogens is 325 g/mol. The van der Waals surface area contributed by atoms with Crippen molar-refractivity contribution in [2.45, 2.75) is 26.4 Å². The number of hydrogen-bond acceptors (Lipinski definition) is 3. The molecule has 3 nitrogen and oxygen atoms in total. The molecule has 0 radical (unpaired) electrons. The monoisotopic (exact) mass is 340 g/mol. The second-order valence-corrected chi connectivity index (χ2v) is 6.33. The second kappa shape index (κ2) is 6.95. The van der Waals surface area contributed by atoms with Crippen molar-refractivity contribution in [3.63, 3.8) is 0 Å². The highest BCUT2D eigenvalue weighted by molar-refractivity contribution is 7.15. The summed E-state index contributed by atoms with van der Waals surface area (Å²) in [5.74, 6) is -0.273. The zero-order valence-electron chi connectivity index (χ0n) is 12.6. The molecule has 1 aromatic heterocycles. The molecule has 23 heavy (non-hydrogen) atoms. The van der Waals surface area contributed by atoms with Crippen molar-refractivity contribution < 1.29 is 18.0 Å². The first kappa shape index (κ1) is 17.2. The van der Waals surface area contributed by atoms with Crippen molar-refractivity contribution in [1.82, 2.24) is 4.98 Å². The van der Waals surface area contributed by atoms with Gasteiger partial charge in [0.05, 0.1) is 5.56 Å². The van der Waals surface area contributed by atoms with E-state index in [1.54, 1.807) is 26.1 Å². The zero-order valence-corrected chi connectivity index (χ0v) is 13.4. The molecule has 0 saturated carbocycles. The summed E-state index contributed by atoms with van der Waals surface area (Å²) in [6.07, 6.45) is -1.01. The molecule has 0 saturated heterocycles. The fraction of sp³-hybridized carbons (Fsp3) is 0.250. The van der Waals surface area contributed by atoms with E-state index >= 15 is 0 Å². The summed E-state index contributed by atoms with van der Waals surface area (Å²) in [4.78, 5) is 16.4. The van der Waals surface area contributed by atoms with Crippen molar-refractivity contribution in [1.29, 1.82) is 0 Å². The van der Waals surface area contributed by atoms with E-state index in [1.165, 1.54) is 23.5 Å². The van der Waals surface area contributed by atoms with Crippen LogP contribution in [0.3, 0.4) is 0 Å². The Labute approximate surface area is 135 Å². The molecule has 0 bridgehead atoms. The summed E-state index contributed by atoms with van der Waals surface area (Å²) in [5, 5.41) is 3.05. The maximum atomic E-state index is 12.7. The number of rotatable bonds is 4. The van der Waals surface area contributed by atoms with Crippen molar-refractivity contribution in [2.75, 3.05) is 5.32 Å². The van der Waals surface area contributed by atoms with E-state index in [1.807, 2.05) is 0 Å². The van der Waals surface area contributed by atoms with Gasteiger partial charge in [-0.2, -0.15) is 13.2 Å². The highest BCUT2D eigenvalue weighted by Crippen LogP contribution is 2.30. The highest BCUT2D eigenvalue weighted by Gasteiger charge is 2.30. The lowest BCUT2D eigenvalue weighted by atomic mass is 10.1. The molecule has 0 fully saturated rings. The van der Waals surface area contributed by atoms with E-state index < -0.39 is 11.7 Å². The number of thiazole rings is 1. The van der Waals surface area contributed by atoms with Crippen LogP contribution in [0.5, 0.6) is 0 Å². The number of nitrogens with one attached hydrogen (secondary N) is 1. The lowest BCUT2D eigenvalue weighted by Crippen LogP contribution is -2.07. The van der Waals surface area contributed by atoms with Crippen LogP contribution in [0.2, 0.25) is 0 Å². The molecule has 1 aromatic carbocycles. The van der Waals surface area contributed by atoms with Gasteiger partial charge in [-0.05, 0) is 25.5 Å². The van der Waals surface area contributed by atoms with Crippen LogP contribution in [0.1, 0.15) is 29.9 Å². The van der Waals surface area contributed by atoms with Gasteiger partial charge in [-0.15, -0.1) is 11.3 Å². The van der Waals surface area contributed by atoms with Crippen molar-refractivity contribution in [2.24, 2.45) is 0 Å². The third kappa shape index (κ3) is 5.21. The van der Waals surface area contributed by atoms with Crippen LogP contribution in [-0.4, -0.2) is 10.9 Å². The minimum absolute atomic E-state index is 0.273. The fourth-order valence-corrected chi connectivity index (χ4v) is 2.76. The van der Waals surface area contributed by atoms with Crippen molar-refractivity contribution in [3.05, 3.63) is 58.1 Å². The fourth-order valence-electron chi connectivity index (χ4n) is 1.91. The molecular formula is C16H15F3N2OS. The highest BCUT2D eigenvalue weighted by atomic mass is 32.1. The second-order valence-electron chi connectivity index (χ2n) is 5.22. The quantitative estimate of drug-likeness (QED) is 0.823. The molecule has 1 heterocycles. The lowest BCUT2D eigenvalue weighted by molar-refractivity contribution is -0.137. The van der Waals surface area contributed by atoms with Gasteiger partial charge in [0.25, 0.3) is 0 Å². The molecule has 0 aliphatic heterocycles. The minimum atomic E-state index is -4.35. The number of nitrogens with zero attached hydrogens (tertiary/aromatic N) is 1. The Balaban J connectivity index is 2.08. The third-order valence-electron chi connectivity index (χ3n) is 2.84. The Morgan fingerprint density at radius 2 is 2.09 bits per heavy atom. The Kier molecular flexibility index (Phi) is 5.20. The van der Waals surface area contributed by atoms with Gasteiger partial charge >= 0.3 is 6.18 Å². The standard InChI is InChI=1S/C16H15F3N2OS/c1-10(2)6-14(22)21-15-20-9-13(23-15)8-11-4-3-5-12(7-11)16(17,18)19/h3-7,9H,8H2,1-2H3,(H,20,21,22). The first-order valence-corrected chi connectivity index (χ1v) is 7.62. The molecule has 0 aliphatic rings. The number of aromatic nitrogens is 1. The van der Waals surface area contributed by atoms with Crippen LogP contribution in [0.25, 0.3) is 0 Å². The molecule has 2 rings (SSSR count). The van der Waals surface area contributed by atoms with Gasteiger partial charge in [-0.1, -0.05) is 23.8 Å². The normalized spacial score (nSPS) is 11.2. The van der Waals surface area contributed by atoms with E-state index in [-0.39, 0.29) is 5.91 Å². The van der Waals surface area contributed by atoms with Crippen LogP contribution in [0.4, 0.5) is 18.3 Å². The summed E-state index contributed by atoms with van der Waals surface area (Å²) in [7, 11) is 0. The lowest BCUT2D eigenvalue weighted by Gasteiger charge is -2.07. The van der Waals surface area contributed by atoms with Crippen LogP contribution < -0.4 is 5.32 Å². The van der Waals surface area contributed by atoms with E-state index in [0.29, 0.717) is 17.1 Å². The predicted molar refractivity (Wildman–Crippen MR) is 84.4 cm³/mol. The third-order valence-corrected chi connectivity index (χ3v) is 3.75. The number of alkyl halides is 3. The number of hydrogen-bond donors (Lipinski definition) is 1. The Hall–Kier alpha value is -2.15. The molecule has 1 N–H and O–H groups in total. The summed E-state index contributed by atoms with van der Waals surface area (Å²) in [5.41, 5.74) is 0.741. The van der Waals surface area contributed by atoms with Crippen LogP contribution in [-0.2, 0) is 17.4 Å². The van der Waals surface area contributed by atoms with E-state index in [2.05, 4.69) is 10.3 Å². The molecule has 1 amide bonds. The number of benzene rings is 1. The molecule has 7 heteroatoms. The molecule has 2 aromatic rings. The smallest absolute Gasteiger partial charge is 0.298 e. The van der Waals surface area contributed by atoms with Crippen molar-refractivity contribution >= 4 is 22.4 Å². The molecule has 0 atom stereocenters. The number of anilines is 1. The summed E-state index contributed by atoms with van der Waals surface area (Å²) in [6.45, 7) is 3.61. The average Bonchev–Trinajstić information content (AvgIpc) is 2.84. The van der Waals surface area contributed by atoms with Crippen LogP contribution >= 0.6 is 11.3 Å². The van der Waals surface area contributed by atoms with E-state index in [0.717, 1.165) is 22.6 Å². The summed E-state index contributed by atoms with van der Waals surface area (Å²) < 4.78 is 38.1. The summed E-state index contributed by atoms with van der Waals surface area (Å²) >= 11 is 1.24. The predicted octanol–water partition coefficient (Wildman–Crippen LogP) is 4.66. The SMILES string of the molecule is CC(C)=CC(=O)Nc1ncc(Cc2cccc(C(F)(F)F)c2)s1. The van der Waals surface area contributed by atoms with Gasteiger partial charge in [0.15, 0.2) is 5.13 Å². The maximum Gasteiger partial charge on any atom is 0.416 e.